The summed E-state index contributed by atoms with van der Waals surface area (Å²) in [4.78, 5) is 7.34. The fourth-order valence-electron chi connectivity index (χ4n) is 1.45. The van der Waals surface area contributed by atoms with Gasteiger partial charge >= 0.3 is 0 Å². The number of hydrogen-bond acceptors (Lipinski definition) is 2. The van der Waals surface area contributed by atoms with Crippen molar-refractivity contribution in [1.82, 2.24) is 9.97 Å². The molecule has 0 saturated carbocycles. The van der Waals surface area contributed by atoms with Crippen LogP contribution in [0.15, 0.2) is 12.1 Å². The van der Waals surface area contributed by atoms with Crippen molar-refractivity contribution in [3.63, 3.8) is 0 Å². The molecule has 74 valence electrons. The molecule has 1 aromatic heterocycles. The van der Waals surface area contributed by atoms with Gasteiger partial charge in [0.05, 0.1) is 11.0 Å². The average molecular weight is 193 g/mol. The van der Waals surface area contributed by atoms with E-state index in [0.29, 0.717) is 24.0 Å². The molecule has 0 bridgehead atoms. The molecule has 0 unspecified atom stereocenters. The first-order valence-electron chi connectivity index (χ1n) is 4.55. The highest BCUT2D eigenvalue weighted by Crippen LogP contribution is 2.16. The minimum Gasteiger partial charge on any atom is -0.342 e. The van der Waals surface area contributed by atoms with Crippen molar-refractivity contribution in [3.8, 4) is 0 Å². The van der Waals surface area contributed by atoms with Gasteiger partial charge in [-0.2, -0.15) is 0 Å². The highest BCUT2D eigenvalue weighted by molar-refractivity contribution is 5.76. The van der Waals surface area contributed by atoms with E-state index in [1.54, 1.807) is 13.0 Å². The van der Waals surface area contributed by atoms with Crippen molar-refractivity contribution in [3.05, 3.63) is 29.3 Å². The number of imidazole rings is 1. The smallest absolute Gasteiger partial charge is 0.128 e. The van der Waals surface area contributed by atoms with Crippen LogP contribution in [0.3, 0.4) is 0 Å². The Kier molecular flexibility index (Phi) is 2.21. The van der Waals surface area contributed by atoms with E-state index in [2.05, 4.69) is 9.97 Å². The molecule has 3 N–H and O–H groups in total. The summed E-state index contributed by atoms with van der Waals surface area (Å²) in [5, 5.41) is 0. The number of nitrogens with one attached hydrogen (secondary N) is 1. The minimum absolute atomic E-state index is 0.219. The van der Waals surface area contributed by atoms with Crippen LogP contribution in [0.5, 0.6) is 0 Å². The van der Waals surface area contributed by atoms with E-state index >= 15 is 0 Å². The summed E-state index contributed by atoms with van der Waals surface area (Å²) in [5.74, 6) is 0.593. The summed E-state index contributed by atoms with van der Waals surface area (Å²) in [6.45, 7) is 2.28. The molecule has 1 heterocycles. The normalized spacial score (nSPS) is 11.1. The number of fused-ring (bicyclic) bond motifs is 1. The molecule has 3 nitrogen and oxygen atoms in total. The molecule has 0 amide bonds. The van der Waals surface area contributed by atoms with E-state index in [4.69, 9.17) is 5.73 Å². The minimum atomic E-state index is -0.219. The highest BCUT2D eigenvalue weighted by Gasteiger charge is 2.05. The molecular formula is C10H12FN3. The van der Waals surface area contributed by atoms with Gasteiger partial charge < -0.3 is 10.7 Å². The molecule has 0 aliphatic rings. The van der Waals surface area contributed by atoms with Gasteiger partial charge in [-0.05, 0) is 25.1 Å². The van der Waals surface area contributed by atoms with Gasteiger partial charge in [0.25, 0.3) is 0 Å². The van der Waals surface area contributed by atoms with Crippen LogP contribution >= 0.6 is 0 Å². The lowest BCUT2D eigenvalue weighted by Gasteiger charge is -1.93. The maximum absolute atomic E-state index is 13.2. The number of hydrogen-bond donors (Lipinski definition) is 2. The average Bonchev–Trinajstić information content (AvgIpc) is 2.48. The lowest BCUT2D eigenvalue weighted by Crippen LogP contribution is -2.03. The predicted molar refractivity (Wildman–Crippen MR) is 53.5 cm³/mol. The summed E-state index contributed by atoms with van der Waals surface area (Å²) >= 11 is 0. The summed E-state index contributed by atoms with van der Waals surface area (Å²) < 4.78 is 13.2. The standard InChI is InChI=1S/C10H12FN3/c1-6-4-8-9(5-7(6)11)14-10(13-8)2-3-12/h4-5H,2-3,12H2,1H3,(H,13,14). The number of aromatic nitrogens is 2. The third-order valence-electron chi connectivity index (χ3n) is 2.19. The summed E-state index contributed by atoms with van der Waals surface area (Å²) in [6, 6.07) is 3.21. The quantitative estimate of drug-likeness (QED) is 0.759. The third kappa shape index (κ3) is 1.48. The topological polar surface area (TPSA) is 54.7 Å². The van der Waals surface area contributed by atoms with Crippen LogP contribution in [0, 0.1) is 12.7 Å². The molecule has 2 rings (SSSR count). The molecule has 2 aromatic rings. The Balaban J connectivity index is 2.54. The van der Waals surface area contributed by atoms with Crippen molar-refractivity contribution in [1.29, 1.82) is 0 Å². The van der Waals surface area contributed by atoms with Gasteiger partial charge in [-0.25, -0.2) is 9.37 Å². The highest BCUT2D eigenvalue weighted by atomic mass is 19.1. The molecule has 0 radical (unpaired) electrons. The van der Waals surface area contributed by atoms with Crippen LogP contribution in [-0.4, -0.2) is 16.5 Å². The Morgan fingerprint density at radius 1 is 1.50 bits per heavy atom. The molecule has 0 spiro atoms. The molecule has 14 heavy (non-hydrogen) atoms. The lowest BCUT2D eigenvalue weighted by molar-refractivity contribution is 0.620. The second kappa shape index (κ2) is 3.38. The van der Waals surface area contributed by atoms with Gasteiger partial charge in [0.15, 0.2) is 0 Å². The number of nitrogens with two attached hydrogens (primary N) is 1. The summed E-state index contributed by atoms with van der Waals surface area (Å²) in [5.41, 5.74) is 7.56. The van der Waals surface area contributed by atoms with Gasteiger partial charge in [-0.15, -0.1) is 0 Å². The first kappa shape index (κ1) is 9.15. The summed E-state index contributed by atoms with van der Waals surface area (Å²) in [6.07, 6.45) is 0.690. The number of nitrogens with zero attached hydrogens (tertiary/aromatic N) is 1. The van der Waals surface area contributed by atoms with Crippen molar-refractivity contribution in [2.75, 3.05) is 6.54 Å². The molecular weight excluding hydrogens is 181 g/mol. The molecule has 4 heteroatoms. The largest absolute Gasteiger partial charge is 0.342 e. The van der Waals surface area contributed by atoms with E-state index < -0.39 is 0 Å². The number of aromatic amines is 1. The van der Waals surface area contributed by atoms with Crippen LogP contribution in [0.2, 0.25) is 0 Å². The zero-order valence-electron chi connectivity index (χ0n) is 7.97. The maximum Gasteiger partial charge on any atom is 0.128 e. The number of halogens is 1. The molecule has 1 aromatic carbocycles. The number of aryl methyl sites for hydroxylation is 1. The van der Waals surface area contributed by atoms with Gasteiger partial charge in [0, 0.05) is 12.5 Å². The van der Waals surface area contributed by atoms with Crippen LogP contribution in [0.25, 0.3) is 11.0 Å². The van der Waals surface area contributed by atoms with Crippen LogP contribution in [0.4, 0.5) is 4.39 Å². The van der Waals surface area contributed by atoms with Crippen molar-refractivity contribution in [2.45, 2.75) is 13.3 Å². The second-order valence-corrected chi connectivity index (χ2v) is 3.34. The Labute approximate surface area is 81.1 Å². The second-order valence-electron chi connectivity index (χ2n) is 3.34. The number of rotatable bonds is 2. The Morgan fingerprint density at radius 3 is 3.00 bits per heavy atom. The molecule has 0 atom stereocenters. The van der Waals surface area contributed by atoms with Gasteiger partial charge in [0.1, 0.15) is 11.6 Å². The van der Waals surface area contributed by atoms with E-state index in [0.717, 1.165) is 11.3 Å². The third-order valence-corrected chi connectivity index (χ3v) is 2.19. The zero-order chi connectivity index (χ0) is 10.1. The molecule has 0 saturated heterocycles. The Morgan fingerprint density at radius 2 is 2.29 bits per heavy atom. The predicted octanol–water partition coefficient (Wildman–Crippen LogP) is 1.51. The first-order valence-corrected chi connectivity index (χ1v) is 4.55. The van der Waals surface area contributed by atoms with E-state index in [9.17, 15) is 4.39 Å². The maximum atomic E-state index is 13.2. The van der Waals surface area contributed by atoms with Crippen molar-refractivity contribution in [2.24, 2.45) is 5.73 Å². The molecule has 0 fully saturated rings. The van der Waals surface area contributed by atoms with E-state index in [1.807, 2.05) is 0 Å². The van der Waals surface area contributed by atoms with E-state index in [-0.39, 0.29) is 5.82 Å². The fraction of sp³-hybridized carbons (Fsp3) is 0.300. The molecule has 0 aliphatic heterocycles. The number of benzene rings is 1. The monoisotopic (exact) mass is 193 g/mol. The Bertz CT molecular complexity index is 423. The van der Waals surface area contributed by atoms with Crippen LogP contribution < -0.4 is 5.73 Å². The zero-order valence-corrected chi connectivity index (χ0v) is 7.97. The van der Waals surface area contributed by atoms with Gasteiger partial charge in [-0.3, -0.25) is 0 Å². The fourth-order valence-corrected chi connectivity index (χ4v) is 1.45. The first-order chi connectivity index (χ1) is 6.70. The van der Waals surface area contributed by atoms with Crippen LogP contribution in [-0.2, 0) is 6.42 Å². The van der Waals surface area contributed by atoms with Crippen molar-refractivity contribution < 1.29 is 4.39 Å². The Hall–Kier alpha value is -1.42. The lowest BCUT2D eigenvalue weighted by atomic mass is 10.2. The van der Waals surface area contributed by atoms with Crippen LogP contribution in [0.1, 0.15) is 11.4 Å². The number of H-pyrrole nitrogens is 1. The van der Waals surface area contributed by atoms with Crippen molar-refractivity contribution >= 4 is 11.0 Å². The summed E-state index contributed by atoms with van der Waals surface area (Å²) in [7, 11) is 0. The van der Waals surface area contributed by atoms with Gasteiger partial charge in [-0.1, -0.05) is 0 Å². The SMILES string of the molecule is Cc1cc2[nH]c(CCN)nc2cc1F. The molecule has 0 aliphatic carbocycles. The van der Waals surface area contributed by atoms with E-state index in [1.165, 1.54) is 6.07 Å². The van der Waals surface area contributed by atoms with Gasteiger partial charge in [0.2, 0.25) is 0 Å².